The summed E-state index contributed by atoms with van der Waals surface area (Å²) >= 11 is 0. The normalized spacial score (nSPS) is 11.7. The van der Waals surface area contributed by atoms with Gasteiger partial charge in [0.25, 0.3) is 0 Å². The van der Waals surface area contributed by atoms with E-state index in [0.717, 1.165) is 17.1 Å². The lowest BCUT2D eigenvalue weighted by atomic mass is 9.90. The molecule has 0 fully saturated rings. The molecule has 1 rings (SSSR count). The Morgan fingerprint density at radius 2 is 1.88 bits per heavy atom. The largest absolute Gasteiger partial charge is 0.300 e. The monoisotopic (exact) mass is 223 g/mol. The fraction of sp³-hybridized carbons (Fsp3) is 0.667. The fourth-order valence-electron chi connectivity index (χ4n) is 1.95. The zero-order valence-electron chi connectivity index (χ0n) is 11.2. The van der Waals surface area contributed by atoms with E-state index in [2.05, 4.69) is 25.9 Å². The number of rotatable bonds is 1. The van der Waals surface area contributed by atoms with E-state index in [1.807, 2.05) is 14.0 Å². The van der Waals surface area contributed by atoms with Crippen molar-refractivity contribution in [3.8, 4) is 0 Å². The predicted octanol–water partition coefficient (Wildman–Crippen LogP) is 2.01. The Morgan fingerprint density at radius 3 is 2.19 bits per heavy atom. The molecule has 1 aromatic heterocycles. The second-order valence-corrected chi connectivity index (χ2v) is 5.25. The molecule has 0 unspecified atom stereocenters. The number of aryl methyl sites for hydroxylation is 1. The van der Waals surface area contributed by atoms with Gasteiger partial charge in [0.05, 0.1) is 5.69 Å². The Kier molecular flexibility index (Phi) is 3.13. The molecule has 0 aliphatic heterocycles. The molecule has 0 bridgehead atoms. The van der Waals surface area contributed by atoms with Crippen LogP contribution in [0.25, 0.3) is 0 Å². The van der Waals surface area contributed by atoms with Crippen LogP contribution in [0.15, 0.2) is 0 Å². The maximum atomic E-state index is 11.4. The molecular weight excluding hydrogens is 202 g/mol. The first kappa shape index (κ1) is 12.7. The highest BCUT2D eigenvalue weighted by Crippen LogP contribution is 2.30. The number of anilines is 1. The minimum atomic E-state index is -0.00226. The zero-order chi connectivity index (χ0) is 12.7. The van der Waals surface area contributed by atoms with Crippen molar-refractivity contribution in [3.63, 3.8) is 0 Å². The van der Waals surface area contributed by atoms with Gasteiger partial charge in [0, 0.05) is 32.0 Å². The summed E-state index contributed by atoms with van der Waals surface area (Å²) < 4.78 is 1.78. The van der Waals surface area contributed by atoms with Gasteiger partial charge in [-0.25, -0.2) is 0 Å². The van der Waals surface area contributed by atoms with Gasteiger partial charge in [-0.2, -0.15) is 5.10 Å². The average molecular weight is 223 g/mol. The summed E-state index contributed by atoms with van der Waals surface area (Å²) in [4.78, 5) is 13.0. The molecule has 90 valence electrons. The van der Waals surface area contributed by atoms with Crippen LogP contribution >= 0.6 is 0 Å². The SMILES string of the molecule is CC(=O)N(C)c1c(C)c(C(C)(C)C)nn1C. The van der Waals surface area contributed by atoms with Crippen molar-refractivity contribution in [2.75, 3.05) is 11.9 Å². The zero-order valence-corrected chi connectivity index (χ0v) is 11.2. The summed E-state index contributed by atoms with van der Waals surface area (Å²) in [5.41, 5.74) is 2.11. The van der Waals surface area contributed by atoms with Gasteiger partial charge in [-0.3, -0.25) is 9.48 Å². The molecule has 16 heavy (non-hydrogen) atoms. The number of amides is 1. The van der Waals surface area contributed by atoms with Crippen molar-refractivity contribution >= 4 is 11.7 Å². The van der Waals surface area contributed by atoms with Crippen molar-refractivity contribution in [1.82, 2.24) is 9.78 Å². The van der Waals surface area contributed by atoms with Crippen molar-refractivity contribution in [1.29, 1.82) is 0 Å². The first-order valence-corrected chi connectivity index (χ1v) is 5.44. The molecule has 0 spiro atoms. The molecule has 0 radical (unpaired) electrons. The van der Waals surface area contributed by atoms with Crippen molar-refractivity contribution in [2.24, 2.45) is 7.05 Å². The molecule has 0 aliphatic rings. The van der Waals surface area contributed by atoms with Gasteiger partial charge in [-0.15, -0.1) is 0 Å². The van der Waals surface area contributed by atoms with Crippen molar-refractivity contribution < 1.29 is 4.79 Å². The number of hydrogen-bond donors (Lipinski definition) is 0. The number of hydrogen-bond acceptors (Lipinski definition) is 2. The number of nitrogens with zero attached hydrogens (tertiary/aromatic N) is 3. The van der Waals surface area contributed by atoms with E-state index in [9.17, 15) is 4.79 Å². The second-order valence-electron chi connectivity index (χ2n) is 5.25. The maximum absolute atomic E-state index is 11.4. The van der Waals surface area contributed by atoms with Crippen LogP contribution in [0, 0.1) is 6.92 Å². The summed E-state index contributed by atoms with van der Waals surface area (Å²) in [6.45, 7) is 9.95. The molecule has 0 saturated carbocycles. The van der Waals surface area contributed by atoms with Gasteiger partial charge in [0.15, 0.2) is 0 Å². The lowest BCUT2D eigenvalue weighted by Crippen LogP contribution is -2.25. The van der Waals surface area contributed by atoms with Crippen LogP contribution in [0.4, 0.5) is 5.82 Å². The van der Waals surface area contributed by atoms with Crippen LogP contribution < -0.4 is 4.90 Å². The highest BCUT2D eigenvalue weighted by molar-refractivity contribution is 5.90. The third kappa shape index (κ3) is 2.10. The summed E-state index contributed by atoms with van der Waals surface area (Å²) in [5, 5.41) is 4.51. The van der Waals surface area contributed by atoms with Crippen LogP contribution in [-0.4, -0.2) is 22.7 Å². The summed E-state index contributed by atoms with van der Waals surface area (Å²) in [6.07, 6.45) is 0. The van der Waals surface area contributed by atoms with Crippen molar-refractivity contribution in [3.05, 3.63) is 11.3 Å². The standard InChI is InChI=1S/C12H21N3O/c1-8-10(12(3,4)5)13-15(7)11(8)14(6)9(2)16/h1-7H3. The molecule has 1 heterocycles. The van der Waals surface area contributed by atoms with Gasteiger partial charge < -0.3 is 4.90 Å². The Balaban J connectivity index is 3.33. The molecule has 1 aromatic rings. The molecule has 0 aromatic carbocycles. The number of carbonyl (C=O) groups is 1. The van der Waals surface area contributed by atoms with E-state index >= 15 is 0 Å². The fourth-order valence-corrected chi connectivity index (χ4v) is 1.95. The first-order valence-electron chi connectivity index (χ1n) is 5.44. The third-order valence-electron chi connectivity index (χ3n) is 2.75. The van der Waals surface area contributed by atoms with Crippen molar-refractivity contribution in [2.45, 2.75) is 40.0 Å². The van der Waals surface area contributed by atoms with Gasteiger partial charge in [0.2, 0.25) is 5.91 Å². The molecule has 0 aliphatic carbocycles. The van der Waals surface area contributed by atoms with Crippen LogP contribution in [-0.2, 0) is 17.3 Å². The van der Waals surface area contributed by atoms with Crippen LogP contribution in [0.1, 0.15) is 39.0 Å². The van der Waals surface area contributed by atoms with E-state index in [-0.39, 0.29) is 11.3 Å². The molecule has 1 amide bonds. The third-order valence-corrected chi connectivity index (χ3v) is 2.75. The highest BCUT2D eigenvalue weighted by Gasteiger charge is 2.25. The second kappa shape index (κ2) is 3.92. The van der Waals surface area contributed by atoms with Crippen LogP contribution in [0.5, 0.6) is 0 Å². The molecule has 4 heteroatoms. The topological polar surface area (TPSA) is 38.1 Å². The minimum absolute atomic E-state index is 0.00226. The maximum Gasteiger partial charge on any atom is 0.224 e. The Hall–Kier alpha value is -1.32. The summed E-state index contributed by atoms with van der Waals surface area (Å²) in [7, 11) is 3.65. The lowest BCUT2D eigenvalue weighted by Gasteiger charge is -2.18. The van der Waals surface area contributed by atoms with E-state index < -0.39 is 0 Å². The van der Waals surface area contributed by atoms with Gasteiger partial charge in [-0.05, 0) is 6.92 Å². The quantitative estimate of drug-likeness (QED) is 0.730. The predicted molar refractivity (Wildman–Crippen MR) is 65.7 cm³/mol. The molecule has 4 nitrogen and oxygen atoms in total. The Morgan fingerprint density at radius 1 is 1.38 bits per heavy atom. The van der Waals surface area contributed by atoms with E-state index in [0.29, 0.717) is 0 Å². The number of carbonyl (C=O) groups excluding carboxylic acids is 1. The Bertz CT molecular complexity index is 413. The average Bonchev–Trinajstić information content (AvgIpc) is 2.40. The number of aromatic nitrogens is 2. The summed E-state index contributed by atoms with van der Waals surface area (Å²) in [5.74, 6) is 0.893. The minimum Gasteiger partial charge on any atom is -0.300 e. The molecular formula is C12H21N3O. The van der Waals surface area contributed by atoms with E-state index in [4.69, 9.17) is 0 Å². The molecule has 0 atom stereocenters. The van der Waals surface area contributed by atoms with E-state index in [1.165, 1.54) is 0 Å². The van der Waals surface area contributed by atoms with E-state index in [1.54, 1.807) is 23.6 Å². The molecule has 0 saturated heterocycles. The molecule has 0 N–H and O–H groups in total. The van der Waals surface area contributed by atoms with Crippen LogP contribution in [0.2, 0.25) is 0 Å². The lowest BCUT2D eigenvalue weighted by molar-refractivity contribution is -0.116. The Labute approximate surface area is 97.2 Å². The van der Waals surface area contributed by atoms with Crippen LogP contribution in [0.3, 0.4) is 0 Å². The first-order chi connectivity index (χ1) is 7.16. The van der Waals surface area contributed by atoms with Gasteiger partial charge >= 0.3 is 0 Å². The highest BCUT2D eigenvalue weighted by atomic mass is 16.2. The smallest absolute Gasteiger partial charge is 0.224 e. The van der Waals surface area contributed by atoms with Gasteiger partial charge in [-0.1, -0.05) is 20.8 Å². The summed E-state index contributed by atoms with van der Waals surface area (Å²) in [6, 6.07) is 0. The van der Waals surface area contributed by atoms with Gasteiger partial charge in [0.1, 0.15) is 5.82 Å².